The van der Waals surface area contributed by atoms with E-state index in [-0.39, 0.29) is 5.91 Å². The Morgan fingerprint density at radius 2 is 1.91 bits per heavy atom. The van der Waals surface area contributed by atoms with Crippen LogP contribution in [0.3, 0.4) is 0 Å². The molecule has 5 nitrogen and oxygen atoms in total. The van der Waals surface area contributed by atoms with Gasteiger partial charge in [0, 0.05) is 45.3 Å². The molecule has 2 aromatic rings. The summed E-state index contributed by atoms with van der Waals surface area (Å²) in [6, 6.07) is 6.00. The van der Waals surface area contributed by atoms with Gasteiger partial charge in [-0.3, -0.25) is 14.8 Å². The molecule has 1 amide bonds. The van der Waals surface area contributed by atoms with Crippen LogP contribution >= 0.6 is 0 Å². The summed E-state index contributed by atoms with van der Waals surface area (Å²) in [4.78, 5) is 24.8. The number of aromatic nitrogens is 2. The molecule has 1 aliphatic heterocycles. The van der Waals surface area contributed by atoms with Crippen molar-refractivity contribution in [2.75, 3.05) is 31.6 Å². The van der Waals surface area contributed by atoms with Crippen LogP contribution in [-0.4, -0.2) is 47.5 Å². The van der Waals surface area contributed by atoms with Crippen molar-refractivity contribution in [2.45, 2.75) is 19.3 Å². The van der Waals surface area contributed by atoms with E-state index >= 15 is 0 Å². The SMILES string of the molecule is CN(CCc1ccncc1)c1cncc(C(=O)N2CCCC2)c1. The van der Waals surface area contributed by atoms with Crippen molar-refractivity contribution >= 4 is 11.6 Å². The lowest BCUT2D eigenvalue weighted by Gasteiger charge is -2.20. The molecule has 0 unspecified atom stereocenters. The zero-order valence-corrected chi connectivity index (χ0v) is 13.5. The molecular formula is C18H22N4O. The molecule has 0 spiro atoms. The van der Waals surface area contributed by atoms with E-state index in [0.29, 0.717) is 5.56 Å². The molecule has 120 valence electrons. The summed E-state index contributed by atoms with van der Waals surface area (Å²) in [6.45, 7) is 2.59. The smallest absolute Gasteiger partial charge is 0.255 e. The highest BCUT2D eigenvalue weighted by molar-refractivity contribution is 5.94. The van der Waals surface area contributed by atoms with Gasteiger partial charge >= 0.3 is 0 Å². The van der Waals surface area contributed by atoms with Gasteiger partial charge in [-0.15, -0.1) is 0 Å². The average molecular weight is 310 g/mol. The number of likely N-dealkylation sites (N-methyl/N-ethyl adjacent to an activating group) is 1. The van der Waals surface area contributed by atoms with Crippen molar-refractivity contribution in [2.24, 2.45) is 0 Å². The average Bonchev–Trinajstić information content (AvgIpc) is 3.14. The summed E-state index contributed by atoms with van der Waals surface area (Å²) in [5, 5.41) is 0. The summed E-state index contributed by atoms with van der Waals surface area (Å²) in [6.07, 6.45) is 10.2. The zero-order chi connectivity index (χ0) is 16.1. The minimum absolute atomic E-state index is 0.0967. The van der Waals surface area contributed by atoms with Gasteiger partial charge in [0.25, 0.3) is 5.91 Å². The Bertz CT molecular complexity index is 653. The van der Waals surface area contributed by atoms with E-state index in [4.69, 9.17) is 0 Å². The van der Waals surface area contributed by atoms with Crippen LogP contribution in [0.4, 0.5) is 5.69 Å². The molecule has 0 aromatic carbocycles. The minimum Gasteiger partial charge on any atom is -0.373 e. The lowest BCUT2D eigenvalue weighted by Crippen LogP contribution is -2.28. The van der Waals surface area contributed by atoms with E-state index in [1.165, 1.54) is 5.56 Å². The quantitative estimate of drug-likeness (QED) is 0.851. The van der Waals surface area contributed by atoms with Crippen LogP contribution in [0, 0.1) is 0 Å². The summed E-state index contributed by atoms with van der Waals surface area (Å²) < 4.78 is 0. The molecule has 0 atom stereocenters. The monoisotopic (exact) mass is 310 g/mol. The van der Waals surface area contributed by atoms with Crippen molar-refractivity contribution in [3.63, 3.8) is 0 Å². The predicted octanol–water partition coefficient (Wildman–Crippen LogP) is 2.39. The third kappa shape index (κ3) is 3.86. The van der Waals surface area contributed by atoms with E-state index in [2.05, 4.69) is 14.9 Å². The molecule has 0 bridgehead atoms. The minimum atomic E-state index is 0.0967. The van der Waals surface area contributed by atoms with E-state index in [0.717, 1.165) is 44.6 Å². The maximum atomic E-state index is 12.5. The molecule has 3 rings (SSSR count). The van der Waals surface area contributed by atoms with Crippen molar-refractivity contribution in [1.29, 1.82) is 0 Å². The van der Waals surface area contributed by atoms with Crippen molar-refractivity contribution in [3.8, 4) is 0 Å². The number of hydrogen-bond donors (Lipinski definition) is 0. The van der Waals surface area contributed by atoms with Gasteiger partial charge < -0.3 is 9.80 Å². The standard InChI is InChI=1S/C18H22N4O/c1-21(11-6-15-4-7-19-8-5-15)17-12-16(13-20-14-17)18(23)22-9-2-3-10-22/h4-5,7-8,12-14H,2-3,6,9-11H2,1H3. The highest BCUT2D eigenvalue weighted by atomic mass is 16.2. The van der Waals surface area contributed by atoms with Crippen molar-refractivity contribution < 1.29 is 4.79 Å². The van der Waals surface area contributed by atoms with E-state index in [1.807, 2.05) is 48.7 Å². The molecule has 5 heteroatoms. The molecule has 1 aliphatic rings. The number of rotatable bonds is 5. The Labute approximate surface area is 137 Å². The second-order valence-electron chi connectivity index (χ2n) is 5.96. The Morgan fingerprint density at radius 1 is 1.17 bits per heavy atom. The zero-order valence-electron chi connectivity index (χ0n) is 13.5. The predicted molar refractivity (Wildman–Crippen MR) is 90.6 cm³/mol. The second-order valence-corrected chi connectivity index (χ2v) is 5.96. The summed E-state index contributed by atoms with van der Waals surface area (Å²) >= 11 is 0. The van der Waals surface area contributed by atoms with Crippen LogP contribution in [-0.2, 0) is 6.42 Å². The Balaban J connectivity index is 1.65. The van der Waals surface area contributed by atoms with Crippen LogP contribution < -0.4 is 4.90 Å². The van der Waals surface area contributed by atoms with Gasteiger partial charge in [-0.2, -0.15) is 0 Å². The second kappa shape index (κ2) is 7.22. The molecule has 1 fully saturated rings. The first kappa shape index (κ1) is 15.5. The fourth-order valence-electron chi connectivity index (χ4n) is 2.83. The first-order chi connectivity index (χ1) is 11.2. The molecule has 2 aromatic heterocycles. The van der Waals surface area contributed by atoms with Crippen molar-refractivity contribution in [3.05, 3.63) is 54.1 Å². The van der Waals surface area contributed by atoms with Crippen LogP contribution in [0.2, 0.25) is 0 Å². The third-order valence-corrected chi connectivity index (χ3v) is 4.29. The van der Waals surface area contributed by atoms with Gasteiger partial charge in [-0.05, 0) is 43.0 Å². The molecule has 1 saturated heterocycles. The van der Waals surface area contributed by atoms with Crippen LogP contribution in [0.1, 0.15) is 28.8 Å². The Kier molecular flexibility index (Phi) is 4.86. The summed E-state index contributed by atoms with van der Waals surface area (Å²) in [5.41, 5.74) is 2.91. The van der Waals surface area contributed by atoms with E-state index < -0.39 is 0 Å². The van der Waals surface area contributed by atoms with Gasteiger partial charge in [0.05, 0.1) is 17.4 Å². The van der Waals surface area contributed by atoms with Crippen LogP contribution in [0.25, 0.3) is 0 Å². The molecule has 23 heavy (non-hydrogen) atoms. The number of amides is 1. The number of anilines is 1. The number of hydrogen-bond acceptors (Lipinski definition) is 4. The lowest BCUT2D eigenvalue weighted by atomic mass is 10.2. The Hall–Kier alpha value is -2.43. The van der Waals surface area contributed by atoms with Gasteiger partial charge in [0.1, 0.15) is 0 Å². The van der Waals surface area contributed by atoms with Gasteiger partial charge in [-0.1, -0.05) is 0 Å². The third-order valence-electron chi connectivity index (χ3n) is 4.29. The van der Waals surface area contributed by atoms with Crippen LogP contribution in [0.5, 0.6) is 0 Å². The maximum Gasteiger partial charge on any atom is 0.255 e. The van der Waals surface area contributed by atoms with Crippen LogP contribution in [0.15, 0.2) is 43.0 Å². The highest BCUT2D eigenvalue weighted by Gasteiger charge is 2.20. The van der Waals surface area contributed by atoms with E-state index in [1.54, 1.807) is 6.20 Å². The topological polar surface area (TPSA) is 49.3 Å². The van der Waals surface area contributed by atoms with E-state index in [9.17, 15) is 4.79 Å². The number of likely N-dealkylation sites (tertiary alicyclic amines) is 1. The largest absolute Gasteiger partial charge is 0.373 e. The maximum absolute atomic E-state index is 12.5. The molecule has 0 aliphatic carbocycles. The van der Waals surface area contributed by atoms with Gasteiger partial charge in [0.15, 0.2) is 0 Å². The number of pyridine rings is 2. The Morgan fingerprint density at radius 3 is 2.65 bits per heavy atom. The molecular weight excluding hydrogens is 288 g/mol. The highest BCUT2D eigenvalue weighted by Crippen LogP contribution is 2.17. The summed E-state index contributed by atoms with van der Waals surface area (Å²) in [7, 11) is 2.03. The first-order valence-electron chi connectivity index (χ1n) is 8.08. The number of nitrogens with zero attached hydrogens (tertiary/aromatic N) is 4. The molecule has 0 N–H and O–H groups in total. The number of carbonyl (C=O) groups is 1. The van der Waals surface area contributed by atoms with Gasteiger partial charge in [-0.25, -0.2) is 0 Å². The van der Waals surface area contributed by atoms with Crippen molar-refractivity contribution in [1.82, 2.24) is 14.9 Å². The summed E-state index contributed by atoms with van der Waals surface area (Å²) in [5.74, 6) is 0.0967. The normalized spacial score (nSPS) is 14.0. The molecule has 0 saturated carbocycles. The first-order valence-corrected chi connectivity index (χ1v) is 8.08. The molecule has 0 radical (unpaired) electrons. The fourth-order valence-corrected chi connectivity index (χ4v) is 2.83. The molecule has 3 heterocycles. The number of carbonyl (C=O) groups excluding carboxylic acids is 1. The lowest BCUT2D eigenvalue weighted by molar-refractivity contribution is 0.0792. The van der Waals surface area contributed by atoms with Gasteiger partial charge in [0.2, 0.25) is 0 Å². The fraction of sp³-hybridized carbons (Fsp3) is 0.389.